The van der Waals surface area contributed by atoms with Gasteiger partial charge in [0, 0.05) is 31.9 Å². The number of carbonyl (C=O) groups excluding carboxylic acids is 2. The molecule has 7 heteroatoms. The molecule has 0 atom stereocenters. The topological polar surface area (TPSA) is 75.2 Å². The van der Waals surface area contributed by atoms with E-state index in [0.29, 0.717) is 12.5 Å². The summed E-state index contributed by atoms with van der Waals surface area (Å²) < 4.78 is 13.6. The summed E-state index contributed by atoms with van der Waals surface area (Å²) in [5.74, 6) is -0.693. The van der Waals surface area contributed by atoms with Crippen molar-refractivity contribution in [3.63, 3.8) is 0 Å². The Bertz CT molecular complexity index is 737. The van der Waals surface area contributed by atoms with Crippen LogP contribution in [0.1, 0.15) is 37.2 Å². The van der Waals surface area contributed by atoms with Gasteiger partial charge in [-0.05, 0) is 24.5 Å². The fraction of sp³-hybridized carbons (Fsp3) is 0.368. The average Bonchev–Trinajstić information content (AvgIpc) is 2.63. The smallest absolute Gasteiger partial charge is 0.274 e. The number of hydrogen-bond acceptors (Lipinski definition) is 4. The van der Waals surface area contributed by atoms with E-state index >= 15 is 0 Å². The van der Waals surface area contributed by atoms with Gasteiger partial charge in [0.1, 0.15) is 11.5 Å². The van der Waals surface area contributed by atoms with Gasteiger partial charge < -0.3 is 10.2 Å². The number of nitrogens with one attached hydrogen (secondary N) is 1. The second kappa shape index (κ2) is 9.60. The summed E-state index contributed by atoms with van der Waals surface area (Å²) in [6, 6.07) is 5.97. The van der Waals surface area contributed by atoms with Crippen molar-refractivity contribution in [1.82, 2.24) is 14.9 Å². The number of amides is 2. The molecule has 2 rings (SSSR count). The third kappa shape index (κ3) is 5.91. The SMILES string of the molecule is CC(C)CCN(CCC(=O)Nc1ccccc1F)C(=O)c1cnccn1. The molecule has 0 spiro atoms. The molecule has 0 aliphatic heterocycles. The van der Waals surface area contributed by atoms with Crippen LogP contribution in [-0.4, -0.2) is 39.8 Å². The summed E-state index contributed by atoms with van der Waals surface area (Å²) in [5, 5.41) is 2.53. The van der Waals surface area contributed by atoms with Crippen molar-refractivity contribution in [3.8, 4) is 0 Å². The average molecular weight is 358 g/mol. The highest BCUT2D eigenvalue weighted by atomic mass is 19.1. The van der Waals surface area contributed by atoms with Gasteiger partial charge >= 0.3 is 0 Å². The van der Waals surface area contributed by atoms with Crippen LogP contribution in [0.2, 0.25) is 0 Å². The van der Waals surface area contributed by atoms with E-state index in [-0.39, 0.29) is 36.2 Å². The number of hydrogen-bond donors (Lipinski definition) is 1. The van der Waals surface area contributed by atoms with Crippen LogP contribution in [-0.2, 0) is 4.79 Å². The zero-order valence-electron chi connectivity index (χ0n) is 15.0. The molecule has 0 saturated heterocycles. The zero-order chi connectivity index (χ0) is 18.9. The minimum absolute atomic E-state index is 0.0679. The maximum atomic E-state index is 13.6. The first-order chi connectivity index (χ1) is 12.5. The highest BCUT2D eigenvalue weighted by Gasteiger charge is 2.19. The first-order valence-corrected chi connectivity index (χ1v) is 8.57. The van der Waals surface area contributed by atoms with Crippen LogP contribution in [0, 0.1) is 11.7 Å². The summed E-state index contributed by atoms with van der Waals surface area (Å²) >= 11 is 0. The van der Waals surface area contributed by atoms with Crippen LogP contribution in [0.3, 0.4) is 0 Å². The molecule has 1 N–H and O–H groups in total. The Morgan fingerprint density at radius 3 is 2.62 bits per heavy atom. The maximum absolute atomic E-state index is 13.6. The van der Waals surface area contributed by atoms with E-state index in [9.17, 15) is 14.0 Å². The number of benzene rings is 1. The van der Waals surface area contributed by atoms with Crippen molar-refractivity contribution in [2.75, 3.05) is 18.4 Å². The molecule has 0 aliphatic carbocycles. The first kappa shape index (κ1) is 19.5. The summed E-state index contributed by atoms with van der Waals surface area (Å²) in [4.78, 5) is 34.3. The fourth-order valence-corrected chi connectivity index (χ4v) is 2.31. The van der Waals surface area contributed by atoms with Crippen LogP contribution in [0.4, 0.5) is 10.1 Å². The number of para-hydroxylation sites is 1. The summed E-state index contributed by atoms with van der Waals surface area (Å²) in [5.41, 5.74) is 0.372. The second-order valence-corrected chi connectivity index (χ2v) is 6.34. The molecule has 1 aromatic carbocycles. The molecule has 2 amide bonds. The maximum Gasteiger partial charge on any atom is 0.274 e. The molecule has 0 unspecified atom stereocenters. The van der Waals surface area contributed by atoms with Gasteiger partial charge in [-0.15, -0.1) is 0 Å². The van der Waals surface area contributed by atoms with Gasteiger partial charge in [-0.1, -0.05) is 26.0 Å². The number of halogens is 1. The van der Waals surface area contributed by atoms with Crippen molar-refractivity contribution in [1.29, 1.82) is 0 Å². The Morgan fingerprint density at radius 1 is 1.19 bits per heavy atom. The lowest BCUT2D eigenvalue weighted by molar-refractivity contribution is -0.116. The quantitative estimate of drug-likeness (QED) is 0.787. The molecule has 26 heavy (non-hydrogen) atoms. The van der Waals surface area contributed by atoms with Crippen LogP contribution in [0.15, 0.2) is 42.9 Å². The number of carbonyl (C=O) groups is 2. The third-order valence-corrected chi connectivity index (χ3v) is 3.80. The molecule has 1 heterocycles. The molecule has 0 aliphatic rings. The van der Waals surface area contributed by atoms with Gasteiger partial charge in [0.2, 0.25) is 5.91 Å². The Labute approximate surface area is 152 Å². The fourth-order valence-electron chi connectivity index (χ4n) is 2.31. The minimum atomic E-state index is -0.492. The Morgan fingerprint density at radius 2 is 1.96 bits per heavy atom. The van der Waals surface area contributed by atoms with Gasteiger partial charge in [0.25, 0.3) is 5.91 Å². The molecule has 0 fully saturated rings. The molecule has 0 bridgehead atoms. The van der Waals surface area contributed by atoms with E-state index in [4.69, 9.17) is 0 Å². The Balaban J connectivity index is 1.98. The van der Waals surface area contributed by atoms with Crippen molar-refractivity contribution < 1.29 is 14.0 Å². The van der Waals surface area contributed by atoms with E-state index in [0.717, 1.165) is 6.42 Å². The second-order valence-electron chi connectivity index (χ2n) is 6.34. The standard InChI is InChI=1S/C19H23FN4O2/c1-14(2)7-11-24(19(26)17-13-21-9-10-22-17)12-8-18(25)23-16-6-4-3-5-15(16)20/h3-6,9-10,13-14H,7-8,11-12H2,1-2H3,(H,23,25). The zero-order valence-corrected chi connectivity index (χ0v) is 15.0. The summed E-state index contributed by atoms with van der Waals surface area (Å²) in [6.07, 6.45) is 5.24. The molecule has 1 aromatic heterocycles. The molecule has 138 valence electrons. The molecule has 0 radical (unpaired) electrons. The van der Waals surface area contributed by atoms with Crippen molar-refractivity contribution in [3.05, 3.63) is 54.4 Å². The monoisotopic (exact) mass is 358 g/mol. The molecule has 6 nitrogen and oxygen atoms in total. The largest absolute Gasteiger partial charge is 0.337 e. The van der Waals surface area contributed by atoms with Crippen LogP contribution in [0.5, 0.6) is 0 Å². The number of anilines is 1. The van der Waals surface area contributed by atoms with Crippen LogP contribution >= 0.6 is 0 Å². The Kier molecular flexibility index (Phi) is 7.20. The van der Waals surface area contributed by atoms with Gasteiger partial charge in [-0.3, -0.25) is 14.6 Å². The predicted molar refractivity (Wildman–Crippen MR) is 97.0 cm³/mol. The predicted octanol–water partition coefficient (Wildman–Crippen LogP) is 3.13. The van der Waals surface area contributed by atoms with Crippen LogP contribution < -0.4 is 5.32 Å². The van der Waals surface area contributed by atoms with E-state index in [1.165, 1.54) is 30.7 Å². The van der Waals surface area contributed by atoms with Gasteiger partial charge in [0.05, 0.1) is 11.9 Å². The molecular formula is C19H23FN4O2. The normalized spacial score (nSPS) is 10.6. The Hall–Kier alpha value is -2.83. The highest BCUT2D eigenvalue weighted by molar-refractivity contribution is 5.93. The third-order valence-electron chi connectivity index (χ3n) is 3.80. The summed E-state index contributed by atoms with van der Waals surface area (Å²) in [7, 11) is 0. The molecular weight excluding hydrogens is 335 g/mol. The molecule has 2 aromatic rings. The van der Waals surface area contributed by atoms with E-state index in [2.05, 4.69) is 29.1 Å². The summed E-state index contributed by atoms with van der Waals surface area (Å²) in [6.45, 7) is 4.87. The van der Waals surface area contributed by atoms with Crippen molar-refractivity contribution in [2.45, 2.75) is 26.7 Å². The van der Waals surface area contributed by atoms with Gasteiger partial charge in [-0.2, -0.15) is 0 Å². The van der Waals surface area contributed by atoms with E-state index in [1.54, 1.807) is 17.0 Å². The minimum Gasteiger partial charge on any atom is -0.337 e. The lowest BCUT2D eigenvalue weighted by atomic mass is 10.1. The van der Waals surface area contributed by atoms with E-state index < -0.39 is 5.82 Å². The number of nitrogens with zero attached hydrogens (tertiary/aromatic N) is 3. The highest BCUT2D eigenvalue weighted by Crippen LogP contribution is 2.13. The number of aromatic nitrogens is 2. The van der Waals surface area contributed by atoms with Crippen LogP contribution in [0.25, 0.3) is 0 Å². The lowest BCUT2D eigenvalue weighted by Gasteiger charge is -2.23. The molecule has 0 saturated carbocycles. The van der Waals surface area contributed by atoms with Gasteiger partial charge in [0.15, 0.2) is 0 Å². The first-order valence-electron chi connectivity index (χ1n) is 8.57. The van der Waals surface area contributed by atoms with Crippen molar-refractivity contribution >= 4 is 17.5 Å². The van der Waals surface area contributed by atoms with Crippen molar-refractivity contribution in [2.24, 2.45) is 5.92 Å². The van der Waals surface area contributed by atoms with Gasteiger partial charge in [-0.25, -0.2) is 9.37 Å². The van der Waals surface area contributed by atoms with E-state index in [1.807, 2.05) is 0 Å². The number of rotatable bonds is 8. The lowest BCUT2D eigenvalue weighted by Crippen LogP contribution is -2.35.